The molecule has 2 aromatic rings. The van der Waals surface area contributed by atoms with E-state index in [2.05, 4.69) is 15.9 Å². The van der Waals surface area contributed by atoms with Gasteiger partial charge in [-0.1, -0.05) is 11.6 Å². The molecule has 10 heteroatoms. The fraction of sp³-hybridized carbons (Fsp3) is 0.167. The van der Waals surface area contributed by atoms with Crippen LogP contribution < -0.4 is 16.0 Å². The third-order valence-corrected chi connectivity index (χ3v) is 3.90. The summed E-state index contributed by atoms with van der Waals surface area (Å²) in [6.07, 6.45) is -4.83. The molecule has 22 heavy (non-hydrogen) atoms. The van der Waals surface area contributed by atoms with Crippen LogP contribution >= 0.6 is 27.5 Å². The second-order valence-electron chi connectivity index (χ2n) is 4.10. The Bertz CT molecular complexity index is 814. The number of halogens is 5. The number of ether oxygens (including phenoxy) is 1. The van der Waals surface area contributed by atoms with Gasteiger partial charge in [0.25, 0.3) is 5.56 Å². The number of rotatable bonds is 2. The zero-order chi connectivity index (χ0) is 16.7. The van der Waals surface area contributed by atoms with E-state index >= 15 is 0 Å². The first-order chi connectivity index (χ1) is 10.1. The molecular formula is C12H7BrClF3N2O3. The predicted octanol–water partition coefficient (Wildman–Crippen LogP) is 2.97. The molecule has 1 aromatic heterocycles. The molecule has 1 aromatic carbocycles. The topological polar surface area (TPSA) is 64.1 Å². The zero-order valence-electron chi connectivity index (χ0n) is 10.8. The van der Waals surface area contributed by atoms with Crippen molar-refractivity contribution in [3.05, 3.63) is 54.2 Å². The number of nitrogens with zero attached hydrogens (tertiary/aromatic N) is 1. The fourth-order valence-electron chi connectivity index (χ4n) is 1.73. The summed E-state index contributed by atoms with van der Waals surface area (Å²) in [5.41, 5.74) is -3.86. The van der Waals surface area contributed by atoms with Crippen LogP contribution in [0.1, 0.15) is 5.69 Å². The van der Waals surface area contributed by atoms with Crippen molar-refractivity contribution < 1.29 is 17.9 Å². The SMILES string of the molecule is COc1cc(Cl)c(Br)cc1-n1c(=O)cc(C(F)(F)F)[nH]c1=O. The molecule has 0 aliphatic carbocycles. The number of hydrogen-bond acceptors (Lipinski definition) is 3. The lowest BCUT2D eigenvalue weighted by molar-refractivity contribution is -0.141. The summed E-state index contributed by atoms with van der Waals surface area (Å²) >= 11 is 8.97. The van der Waals surface area contributed by atoms with Crippen LogP contribution in [0.4, 0.5) is 13.2 Å². The van der Waals surface area contributed by atoms with Gasteiger partial charge in [-0.2, -0.15) is 13.2 Å². The largest absolute Gasteiger partial charge is 0.494 e. The summed E-state index contributed by atoms with van der Waals surface area (Å²) in [7, 11) is 1.27. The third kappa shape index (κ3) is 3.05. The van der Waals surface area contributed by atoms with Crippen molar-refractivity contribution in [3.63, 3.8) is 0 Å². The smallest absolute Gasteiger partial charge is 0.431 e. The van der Waals surface area contributed by atoms with Gasteiger partial charge in [0, 0.05) is 16.6 Å². The Morgan fingerprint density at radius 2 is 1.91 bits per heavy atom. The summed E-state index contributed by atoms with van der Waals surface area (Å²) in [6, 6.07) is 2.92. The number of aromatic nitrogens is 2. The first-order valence-electron chi connectivity index (χ1n) is 5.62. The Hall–Kier alpha value is -1.74. The van der Waals surface area contributed by atoms with Crippen LogP contribution in [0.3, 0.4) is 0 Å². The van der Waals surface area contributed by atoms with Gasteiger partial charge in [-0.3, -0.25) is 4.79 Å². The number of benzene rings is 1. The highest BCUT2D eigenvalue weighted by Crippen LogP contribution is 2.32. The van der Waals surface area contributed by atoms with Gasteiger partial charge in [0.2, 0.25) is 0 Å². The minimum atomic E-state index is -4.83. The first-order valence-corrected chi connectivity index (χ1v) is 6.79. The average Bonchev–Trinajstić information content (AvgIpc) is 2.40. The van der Waals surface area contributed by atoms with E-state index in [-0.39, 0.29) is 16.5 Å². The van der Waals surface area contributed by atoms with Crippen molar-refractivity contribution in [1.29, 1.82) is 0 Å². The van der Waals surface area contributed by atoms with E-state index in [0.717, 1.165) is 0 Å². The Kier molecular flexibility index (Phi) is 4.39. The second kappa shape index (κ2) is 5.81. The molecule has 0 aliphatic rings. The molecule has 1 N–H and O–H groups in total. The van der Waals surface area contributed by atoms with E-state index in [4.69, 9.17) is 16.3 Å². The van der Waals surface area contributed by atoms with Gasteiger partial charge < -0.3 is 9.72 Å². The predicted molar refractivity (Wildman–Crippen MR) is 76.9 cm³/mol. The molecule has 0 atom stereocenters. The highest BCUT2D eigenvalue weighted by atomic mass is 79.9. The average molecular weight is 400 g/mol. The Morgan fingerprint density at radius 3 is 2.41 bits per heavy atom. The van der Waals surface area contributed by atoms with Crippen LogP contribution in [0.5, 0.6) is 5.75 Å². The highest BCUT2D eigenvalue weighted by Gasteiger charge is 2.33. The molecule has 118 valence electrons. The molecule has 0 aliphatic heterocycles. The quantitative estimate of drug-likeness (QED) is 0.844. The number of nitrogens with one attached hydrogen (secondary N) is 1. The van der Waals surface area contributed by atoms with E-state index < -0.39 is 23.1 Å². The maximum absolute atomic E-state index is 12.6. The summed E-state index contributed by atoms with van der Waals surface area (Å²) in [5, 5.41) is 0.247. The lowest BCUT2D eigenvalue weighted by Crippen LogP contribution is -2.36. The van der Waals surface area contributed by atoms with E-state index in [9.17, 15) is 22.8 Å². The molecule has 0 saturated carbocycles. The summed E-state index contributed by atoms with van der Waals surface area (Å²) in [5.74, 6) is 0.0561. The fourth-order valence-corrected chi connectivity index (χ4v) is 2.22. The van der Waals surface area contributed by atoms with Crippen LogP contribution in [0.15, 0.2) is 32.3 Å². The van der Waals surface area contributed by atoms with Crippen LogP contribution in [0, 0.1) is 0 Å². The standard InChI is InChI=1S/C12H7BrClF3N2O3/c1-22-8-3-6(14)5(13)2-7(8)19-10(20)4-9(12(15,16)17)18-11(19)21/h2-4H,1H3,(H,18,21). The second-order valence-corrected chi connectivity index (χ2v) is 5.36. The van der Waals surface area contributed by atoms with Gasteiger partial charge in [0.1, 0.15) is 11.4 Å². The molecule has 0 radical (unpaired) electrons. The maximum atomic E-state index is 12.6. The molecule has 0 bridgehead atoms. The molecule has 0 saturated heterocycles. The Morgan fingerprint density at radius 1 is 1.27 bits per heavy atom. The van der Waals surface area contributed by atoms with Crippen molar-refractivity contribution in [1.82, 2.24) is 9.55 Å². The number of hydrogen-bond donors (Lipinski definition) is 1. The summed E-state index contributed by atoms with van der Waals surface area (Å²) < 4.78 is 43.6. The van der Waals surface area contributed by atoms with Crippen molar-refractivity contribution in [2.45, 2.75) is 6.18 Å². The van der Waals surface area contributed by atoms with Crippen LogP contribution in [0.2, 0.25) is 5.02 Å². The first kappa shape index (κ1) is 16.6. The van der Waals surface area contributed by atoms with Gasteiger partial charge >= 0.3 is 11.9 Å². The number of alkyl halides is 3. The normalized spacial score (nSPS) is 11.5. The monoisotopic (exact) mass is 398 g/mol. The van der Waals surface area contributed by atoms with Gasteiger partial charge in [0.15, 0.2) is 0 Å². The summed E-state index contributed by atoms with van der Waals surface area (Å²) in [4.78, 5) is 25.4. The lowest BCUT2D eigenvalue weighted by atomic mass is 10.3. The number of aromatic amines is 1. The molecule has 0 spiro atoms. The Labute approximate surface area is 134 Å². The molecule has 0 fully saturated rings. The Balaban J connectivity index is 2.77. The molecule has 0 unspecified atom stereocenters. The molecular weight excluding hydrogens is 392 g/mol. The number of methoxy groups -OCH3 is 1. The molecule has 0 amide bonds. The van der Waals surface area contributed by atoms with Gasteiger partial charge in [0.05, 0.1) is 17.8 Å². The van der Waals surface area contributed by atoms with Crippen LogP contribution in [-0.2, 0) is 6.18 Å². The van der Waals surface area contributed by atoms with Crippen LogP contribution in [-0.4, -0.2) is 16.7 Å². The number of H-pyrrole nitrogens is 1. The summed E-state index contributed by atoms with van der Waals surface area (Å²) in [6.45, 7) is 0. The minimum Gasteiger partial charge on any atom is -0.494 e. The van der Waals surface area contributed by atoms with Gasteiger partial charge in [-0.05, 0) is 22.0 Å². The van der Waals surface area contributed by atoms with Crippen molar-refractivity contribution in [3.8, 4) is 11.4 Å². The van der Waals surface area contributed by atoms with E-state index in [0.29, 0.717) is 15.1 Å². The van der Waals surface area contributed by atoms with E-state index in [1.54, 1.807) is 4.98 Å². The molecule has 1 heterocycles. The van der Waals surface area contributed by atoms with Crippen molar-refractivity contribution in [2.75, 3.05) is 7.11 Å². The minimum absolute atomic E-state index is 0.0428. The molecule has 2 rings (SSSR count). The van der Waals surface area contributed by atoms with Crippen molar-refractivity contribution in [2.24, 2.45) is 0 Å². The van der Waals surface area contributed by atoms with E-state index in [1.165, 1.54) is 19.2 Å². The third-order valence-electron chi connectivity index (χ3n) is 2.70. The molecule has 5 nitrogen and oxygen atoms in total. The van der Waals surface area contributed by atoms with Crippen molar-refractivity contribution >= 4 is 27.5 Å². The maximum Gasteiger partial charge on any atom is 0.431 e. The zero-order valence-corrected chi connectivity index (χ0v) is 13.1. The van der Waals surface area contributed by atoms with E-state index in [1.807, 2.05) is 0 Å². The van der Waals surface area contributed by atoms with Gasteiger partial charge in [-0.25, -0.2) is 9.36 Å². The lowest BCUT2D eigenvalue weighted by Gasteiger charge is -2.13. The van der Waals surface area contributed by atoms with Gasteiger partial charge in [-0.15, -0.1) is 0 Å². The van der Waals surface area contributed by atoms with Crippen LogP contribution in [0.25, 0.3) is 5.69 Å². The highest BCUT2D eigenvalue weighted by molar-refractivity contribution is 9.10.